The summed E-state index contributed by atoms with van der Waals surface area (Å²) in [4.78, 5) is 29.1. The van der Waals surface area contributed by atoms with Crippen LogP contribution in [-0.2, 0) is 0 Å². The molecule has 0 radical (unpaired) electrons. The second-order valence-electron chi connectivity index (χ2n) is 4.81. The topological polar surface area (TPSA) is 60.7 Å². The van der Waals surface area contributed by atoms with Gasteiger partial charge in [0.25, 0.3) is 5.78 Å². The summed E-state index contributed by atoms with van der Waals surface area (Å²) < 4.78 is 6.80. The van der Waals surface area contributed by atoms with E-state index in [0.717, 1.165) is 0 Å². The average Bonchev–Trinajstić information content (AvgIpc) is 2.91. The van der Waals surface area contributed by atoms with Gasteiger partial charge in [0.2, 0.25) is 5.78 Å². The summed E-state index contributed by atoms with van der Waals surface area (Å²) in [5.41, 5.74) is 2.54. The molecule has 0 saturated heterocycles. The zero-order valence-corrected chi connectivity index (χ0v) is 11.2. The highest BCUT2D eigenvalue weighted by molar-refractivity contribution is 6.52. The van der Waals surface area contributed by atoms with Crippen molar-refractivity contribution in [3.05, 3.63) is 53.9 Å². The molecule has 5 nitrogen and oxygen atoms in total. The Kier molecular flexibility index (Phi) is 2.27. The Labute approximate surface area is 119 Å². The van der Waals surface area contributed by atoms with Gasteiger partial charge >= 0.3 is 0 Å². The molecule has 2 heterocycles. The average molecular weight is 278 g/mol. The molecule has 0 bridgehead atoms. The lowest BCUT2D eigenvalue weighted by Crippen LogP contribution is -2.22. The molecule has 4 rings (SSSR count). The fourth-order valence-corrected chi connectivity index (χ4v) is 2.68. The van der Waals surface area contributed by atoms with Crippen LogP contribution in [0.25, 0.3) is 16.9 Å². The van der Waals surface area contributed by atoms with Gasteiger partial charge in [0.1, 0.15) is 22.8 Å². The third kappa shape index (κ3) is 1.48. The number of methoxy groups -OCH3 is 1. The van der Waals surface area contributed by atoms with Crippen LogP contribution in [0.1, 0.15) is 20.8 Å². The molecule has 1 aliphatic rings. The molecule has 0 unspecified atom stereocenters. The Morgan fingerprint density at radius 2 is 1.81 bits per heavy atom. The minimum Gasteiger partial charge on any atom is -0.497 e. The van der Waals surface area contributed by atoms with Crippen molar-refractivity contribution in [3.8, 4) is 17.0 Å². The lowest BCUT2D eigenvalue weighted by molar-refractivity contribution is 0.0812. The van der Waals surface area contributed by atoms with Crippen LogP contribution in [-0.4, -0.2) is 28.1 Å². The number of fused-ring (bicyclic) bond motifs is 5. The molecular formula is C16H10N2O3. The Bertz CT molecular complexity index is 924. The summed E-state index contributed by atoms with van der Waals surface area (Å²) >= 11 is 0. The zero-order valence-electron chi connectivity index (χ0n) is 11.2. The molecule has 0 spiro atoms. The second kappa shape index (κ2) is 4.02. The van der Waals surface area contributed by atoms with Gasteiger partial charge in [0, 0.05) is 23.4 Å². The van der Waals surface area contributed by atoms with Gasteiger partial charge in [-0.3, -0.25) is 14.0 Å². The van der Waals surface area contributed by atoms with E-state index in [0.29, 0.717) is 33.9 Å². The minimum atomic E-state index is -0.527. The van der Waals surface area contributed by atoms with Crippen LogP contribution in [0.15, 0.2) is 42.6 Å². The number of carbonyl (C=O) groups is 2. The van der Waals surface area contributed by atoms with Crippen molar-refractivity contribution in [3.63, 3.8) is 0 Å². The van der Waals surface area contributed by atoms with E-state index in [9.17, 15) is 9.59 Å². The molecule has 0 N–H and O–H groups in total. The van der Waals surface area contributed by atoms with Crippen molar-refractivity contribution in [1.29, 1.82) is 0 Å². The van der Waals surface area contributed by atoms with Crippen LogP contribution < -0.4 is 4.74 Å². The summed E-state index contributed by atoms with van der Waals surface area (Å²) in [7, 11) is 1.57. The lowest BCUT2D eigenvalue weighted by Gasteiger charge is -2.13. The third-order valence-corrected chi connectivity index (χ3v) is 3.68. The highest BCUT2D eigenvalue weighted by Gasteiger charge is 2.34. The van der Waals surface area contributed by atoms with Crippen LogP contribution >= 0.6 is 0 Å². The lowest BCUT2D eigenvalue weighted by atomic mass is 9.90. The first-order valence-electron chi connectivity index (χ1n) is 6.45. The summed E-state index contributed by atoms with van der Waals surface area (Å²) in [5, 5.41) is 0. The van der Waals surface area contributed by atoms with Crippen molar-refractivity contribution < 1.29 is 14.3 Å². The van der Waals surface area contributed by atoms with E-state index in [1.54, 1.807) is 42.0 Å². The summed E-state index contributed by atoms with van der Waals surface area (Å²) in [6, 6.07) is 10.5. The smallest absolute Gasteiger partial charge is 0.252 e. The number of carbonyl (C=O) groups excluding carboxylic acids is 2. The van der Waals surface area contributed by atoms with Gasteiger partial charge in [-0.05, 0) is 6.07 Å². The maximum atomic E-state index is 12.4. The second-order valence-corrected chi connectivity index (χ2v) is 4.81. The van der Waals surface area contributed by atoms with Gasteiger partial charge < -0.3 is 4.74 Å². The molecule has 1 aromatic carbocycles. The number of aromatic nitrogens is 2. The number of hydrogen-bond acceptors (Lipinski definition) is 4. The normalized spacial score (nSPS) is 13.2. The van der Waals surface area contributed by atoms with Crippen LogP contribution in [0.5, 0.6) is 5.75 Å². The van der Waals surface area contributed by atoms with Crippen LogP contribution in [0, 0.1) is 0 Å². The van der Waals surface area contributed by atoms with Crippen LogP contribution in [0.2, 0.25) is 0 Å². The van der Waals surface area contributed by atoms with E-state index >= 15 is 0 Å². The maximum absolute atomic E-state index is 12.4. The van der Waals surface area contributed by atoms with Crippen molar-refractivity contribution in [1.82, 2.24) is 9.38 Å². The first-order chi connectivity index (χ1) is 10.2. The van der Waals surface area contributed by atoms with Crippen LogP contribution in [0.4, 0.5) is 0 Å². The predicted molar refractivity (Wildman–Crippen MR) is 75.8 cm³/mol. The summed E-state index contributed by atoms with van der Waals surface area (Å²) in [6.45, 7) is 0. The van der Waals surface area contributed by atoms with E-state index in [1.165, 1.54) is 0 Å². The molecule has 0 amide bonds. The van der Waals surface area contributed by atoms with Gasteiger partial charge in [0.15, 0.2) is 0 Å². The quantitative estimate of drug-likeness (QED) is 0.641. The molecule has 2 aromatic heterocycles. The van der Waals surface area contributed by atoms with Crippen LogP contribution in [0.3, 0.4) is 0 Å². The van der Waals surface area contributed by atoms with Gasteiger partial charge in [-0.25, -0.2) is 4.98 Å². The molecule has 5 heteroatoms. The molecule has 0 saturated carbocycles. The van der Waals surface area contributed by atoms with E-state index in [2.05, 4.69) is 4.98 Å². The van der Waals surface area contributed by atoms with Gasteiger partial charge in [-0.1, -0.05) is 24.3 Å². The first kappa shape index (κ1) is 11.8. The number of nitrogens with zero attached hydrogens (tertiary/aromatic N) is 2. The van der Waals surface area contributed by atoms with E-state index in [4.69, 9.17) is 4.74 Å². The number of Topliss-reactive ketones (excluding diaryl/α,β-unsaturated/α-hetero) is 2. The van der Waals surface area contributed by atoms with E-state index < -0.39 is 11.6 Å². The summed E-state index contributed by atoms with van der Waals surface area (Å²) in [5.74, 6) is -0.367. The fraction of sp³-hybridized carbons (Fsp3) is 0.0625. The Balaban J connectivity index is 2.11. The Hall–Kier alpha value is -2.95. The minimum absolute atomic E-state index is 0.316. The number of ketones is 2. The third-order valence-electron chi connectivity index (χ3n) is 3.68. The molecule has 1 aliphatic carbocycles. The fourth-order valence-electron chi connectivity index (χ4n) is 2.68. The standard InChI is InChI=1S/C16H10N2O3/c1-21-9-6-7-18-12(8-9)17-13-10-4-2-3-5-11(10)15(19)16(20)14(13)18/h2-8H,1H3. The maximum Gasteiger partial charge on any atom is 0.252 e. The predicted octanol–water partition coefficient (Wildman–Crippen LogP) is 2.39. The molecule has 21 heavy (non-hydrogen) atoms. The van der Waals surface area contributed by atoms with Gasteiger partial charge in [-0.2, -0.15) is 0 Å². The number of hydrogen-bond donors (Lipinski definition) is 0. The molecule has 0 aliphatic heterocycles. The highest BCUT2D eigenvalue weighted by atomic mass is 16.5. The SMILES string of the molecule is COc1ccn2c3c(nc2c1)-c1ccccc1C(=O)C3=O. The Morgan fingerprint density at radius 3 is 2.57 bits per heavy atom. The van der Waals surface area contributed by atoms with Crippen molar-refractivity contribution in [2.24, 2.45) is 0 Å². The highest BCUT2D eigenvalue weighted by Crippen LogP contribution is 2.33. The van der Waals surface area contributed by atoms with Crippen molar-refractivity contribution in [2.75, 3.05) is 7.11 Å². The Morgan fingerprint density at radius 1 is 1.05 bits per heavy atom. The number of rotatable bonds is 1. The van der Waals surface area contributed by atoms with Crippen molar-refractivity contribution in [2.45, 2.75) is 0 Å². The number of ether oxygens (including phenoxy) is 1. The molecule has 0 atom stereocenters. The van der Waals surface area contributed by atoms with E-state index in [-0.39, 0.29) is 0 Å². The number of imidazole rings is 1. The monoisotopic (exact) mass is 278 g/mol. The van der Waals surface area contributed by atoms with Gasteiger partial charge in [0.05, 0.1) is 7.11 Å². The first-order valence-corrected chi connectivity index (χ1v) is 6.45. The number of benzene rings is 1. The van der Waals surface area contributed by atoms with Crippen molar-refractivity contribution >= 4 is 17.2 Å². The molecule has 3 aromatic rings. The zero-order chi connectivity index (χ0) is 14.6. The van der Waals surface area contributed by atoms with E-state index in [1.807, 2.05) is 12.1 Å². The summed E-state index contributed by atoms with van der Waals surface area (Å²) in [6.07, 6.45) is 1.69. The molecular weight excluding hydrogens is 268 g/mol. The number of pyridine rings is 1. The molecule has 0 fully saturated rings. The van der Waals surface area contributed by atoms with Gasteiger partial charge in [-0.15, -0.1) is 0 Å². The largest absolute Gasteiger partial charge is 0.497 e. The molecule has 102 valence electrons.